The van der Waals surface area contributed by atoms with E-state index in [1.807, 2.05) is 0 Å². The zero-order valence-corrected chi connectivity index (χ0v) is 9.17. The minimum atomic E-state index is -4.19. The van der Waals surface area contributed by atoms with E-state index >= 15 is 0 Å². The van der Waals surface area contributed by atoms with Gasteiger partial charge in [0.2, 0.25) is 0 Å². The van der Waals surface area contributed by atoms with Crippen LogP contribution in [0.4, 0.5) is 12.9 Å². The van der Waals surface area contributed by atoms with E-state index in [1.54, 1.807) is 0 Å². The normalized spacial score (nSPS) is 7.72. The summed E-state index contributed by atoms with van der Waals surface area (Å²) in [4.78, 5) is 0. The summed E-state index contributed by atoms with van der Waals surface area (Å²) in [6.07, 6.45) is 0. The third-order valence-corrected chi connectivity index (χ3v) is 0. The summed E-state index contributed by atoms with van der Waals surface area (Å²) >= 11 is 0. The van der Waals surface area contributed by atoms with E-state index in [9.17, 15) is 12.9 Å². The molecule has 0 fully saturated rings. The van der Waals surface area contributed by atoms with E-state index in [4.69, 9.17) is 43.1 Å². The van der Waals surface area contributed by atoms with Gasteiger partial charge in [-0.1, -0.05) is 0 Å². The SMILES string of the molecule is O=S(=O)(O)Cl.OB(O)F.OB(O)F.OB(O)F.[LiH]. The van der Waals surface area contributed by atoms with Crippen LogP contribution >= 0.6 is 10.7 Å². The Kier molecular flexibility index (Phi) is 34.3. The summed E-state index contributed by atoms with van der Waals surface area (Å²) in [5.74, 6) is 0. The molecule has 0 unspecified atom stereocenters. The third-order valence-electron chi connectivity index (χ3n) is 0. The molecule has 0 aliphatic heterocycles. The van der Waals surface area contributed by atoms with E-state index < -0.39 is 31.5 Å². The molecule has 0 radical (unpaired) electrons. The van der Waals surface area contributed by atoms with Crippen LogP contribution in [0.15, 0.2) is 0 Å². The van der Waals surface area contributed by atoms with Gasteiger partial charge in [-0.15, -0.1) is 0 Å². The summed E-state index contributed by atoms with van der Waals surface area (Å²) in [6.45, 7) is 0. The second-order valence-corrected chi connectivity index (χ2v) is 3.34. The van der Waals surface area contributed by atoms with Gasteiger partial charge in [-0.2, -0.15) is 8.42 Å². The Balaban J connectivity index is -0.0000000412. The van der Waals surface area contributed by atoms with Crippen LogP contribution in [0, 0.1) is 0 Å². The monoisotopic (exact) mass is 316 g/mol. The predicted octanol–water partition coefficient (Wildman–Crippen LogP) is -3.84. The molecule has 0 aromatic carbocycles. The van der Waals surface area contributed by atoms with Crippen molar-refractivity contribution in [3.63, 3.8) is 0 Å². The Morgan fingerprint density at radius 2 is 0.778 bits per heavy atom. The zero-order valence-electron chi connectivity index (χ0n) is 7.60. The van der Waals surface area contributed by atoms with E-state index in [0.717, 1.165) is 0 Å². The van der Waals surface area contributed by atoms with Gasteiger partial charge in [0, 0.05) is 10.7 Å². The van der Waals surface area contributed by atoms with E-state index in [1.165, 1.54) is 0 Å². The molecular formula is H8B3ClF3LiO9S. The number of hydrogen-bond acceptors (Lipinski definition) is 8. The summed E-state index contributed by atoms with van der Waals surface area (Å²) in [6, 6.07) is 0. The van der Waals surface area contributed by atoms with Gasteiger partial charge < -0.3 is 30.1 Å². The second-order valence-electron chi connectivity index (χ2n) is 1.34. The molecule has 0 aromatic heterocycles. The van der Waals surface area contributed by atoms with Gasteiger partial charge in [0.05, 0.1) is 0 Å². The average Bonchev–Trinajstić information content (AvgIpc) is 1.73. The van der Waals surface area contributed by atoms with Crippen LogP contribution in [-0.2, 0) is 9.33 Å². The fraction of sp³-hybridized carbons (Fsp3) is 0. The fourth-order valence-corrected chi connectivity index (χ4v) is 0. The molecule has 0 aromatic rings. The Morgan fingerprint density at radius 1 is 0.778 bits per heavy atom. The van der Waals surface area contributed by atoms with Crippen molar-refractivity contribution < 1.29 is 56.1 Å². The van der Waals surface area contributed by atoms with Crippen molar-refractivity contribution in [3.8, 4) is 0 Å². The fourth-order valence-electron chi connectivity index (χ4n) is 0. The minimum absolute atomic E-state index is 0. The topological polar surface area (TPSA) is 176 Å². The van der Waals surface area contributed by atoms with Gasteiger partial charge in [0.15, 0.2) is 0 Å². The van der Waals surface area contributed by atoms with Crippen LogP contribution < -0.4 is 0 Å². The molecule has 9 nitrogen and oxygen atoms in total. The van der Waals surface area contributed by atoms with E-state index in [2.05, 4.69) is 10.7 Å². The molecule has 0 saturated heterocycles. The van der Waals surface area contributed by atoms with E-state index in [0.29, 0.717) is 0 Å². The molecule has 0 saturated carbocycles. The quantitative estimate of drug-likeness (QED) is 0.134. The molecule has 0 aliphatic carbocycles. The number of hydrogen-bond donors (Lipinski definition) is 7. The van der Waals surface area contributed by atoms with Crippen LogP contribution in [0.1, 0.15) is 0 Å². The second kappa shape index (κ2) is 19.9. The molecule has 106 valence electrons. The van der Waals surface area contributed by atoms with Crippen molar-refractivity contribution in [1.82, 2.24) is 0 Å². The molecule has 0 atom stereocenters. The first-order chi connectivity index (χ1) is 7.20. The molecule has 0 heterocycles. The Morgan fingerprint density at radius 3 is 0.778 bits per heavy atom. The van der Waals surface area contributed by atoms with Gasteiger partial charge in [-0.3, -0.25) is 17.5 Å². The van der Waals surface area contributed by atoms with Crippen LogP contribution in [0.3, 0.4) is 0 Å². The van der Waals surface area contributed by atoms with Crippen LogP contribution in [0.25, 0.3) is 0 Å². The average molecular weight is 316 g/mol. The van der Waals surface area contributed by atoms with Crippen molar-refractivity contribution in [3.05, 3.63) is 0 Å². The van der Waals surface area contributed by atoms with Crippen molar-refractivity contribution >= 4 is 61.1 Å². The maximum absolute atomic E-state index is 10.1. The summed E-state index contributed by atoms with van der Waals surface area (Å²) in [5.41, 5.74) is 0. The molecule has 18 heavy (non-hydrogen) atoms. The van der Waals surface area contributed by atoms with Gasteiger partial charge >= 0.3 is 50.4 Å². The third kappa shape index (κ3) is 13600. The maximum atomic E-state index is 10.1. The van der Waals surface area contributed by atoms with Gasteiger partial charge in [-0.25, -0.2) is 0 Å². The first-order valence-corrected chi connectivity index (χ1v) is 5.14. The molecular weight excluding hydrogens is 308 g/mol. The van der Waals surface area contributed by atoms with E-state index in [-0.39, 0.29) is 18.9 Å². The van der Waals surface area contributed by atoms with Gasteiger partial charge in [0.1, 0.15) is 0 Å². The molecule has 0 rings (SSSR count). The zero-order chi connectivity index (χ0) is 15.2. The van der Waals surface area contributed by atoms with Gasteiger partial charge in [0.25, 0.3) is 0 Å². The molecule has 0 amide bonds. The van der Waals surface area contributed by atoms with Crippen molar-refractivity contribution in [2.24, 2.45) is 0 Å². The standard InChI is InChI=1S/3BFH2O2.ClHO3S.Li.H/c3*2-1(3)4;1-5(2,3)4;;/h3*3-4H;(H,2,3,4);;. The van der Waals surface area contributed by atoms with Gasteiger partial charge in [-0.05, 0) is 0 Å². The molecule has 7 N–H and O–H groups in total. The first-order valence-electron chi connectivity index (χ1n) is 2.87. The summed E-state index contributed by atoms with van der Waals surface area (Å²) < 4.78 is 55.5. The first kappa shape index (κ1) is 31.1. The number of rotatable bonds is 0. The Hall–Kier alpha value is 0.542. The van der Waals surface area contributed by atoms with Crippen molar-refractivity contribution in [2.45, 2.75) is 0 Å². The Labute approximate surface area is 117 Å². The molecule has 0 spiro atoms. The van der Waals surface area contributed by atoms with Crippen molar-refractivity contribution in [1.29, 1.82) is 0 Å². The summed E-state index contributed by atoms with van der Waals surface area (Å²) in [5, 5.41) is 41.7. The predicted molar refractivity (Wildman–Crippen MR) is 58.4 cm³/mol. The van der Waals surface area contributed by atoms with Crippen molar-refractivity contribution in [2.75, 3.05) is 0 Å². The Bertz CT molecular complexity index is 195. The van der Waals surface area contributed by atoms with Crippen LogP contribution in [0.5, 0.6) is 0 Å². The number of halogens is 4. The van der Waals surface area contributed by atoms with Crippen LogP contribution in [0.2, 0.25) is 0 Å². The molecule has 18 heteroatoms. The molecule has 0 aliphatic rings. The summed E-state index contributed by atoms with van der Waals surface area (Å²) in [7, 11) is -8.14. The molecule has 0 bridgehead atoms. The van der Waals surface area contributed by atoms with Crippen LogP contribution in [-0.4, -0.2) is 84.2 Å².